The molecule has 1 amide bonds. The average Bonchev–Trinajstić information content (AvgIpc) is 3.42. The van der Waals surface area contributed by atoms with Crippen LogP contribution in [0.3, 0.4) is 0 Å². The molecule has 0 aliphatic rings. The van der Waals surface area contributed by atoms with Crippen LogP contribution in [-0.4, -0.2) is 60.9 Å². The van der Waals surface area contributed by atoms with Crippen molar-refractivity contribution in [1.82, 2.24) is 34.6 Å². The number of aromatic nitrogens is 5. The Morgan fingerprint density at radius 2 is 1.82 bits per heavy atom. The van der Waals surface area contributed by atoms with Gasteiger partial charge in [-0.25, -0.2) is 9.50 Å². The van der Waals surface area contributed by atoms with Crippen LogP contribution in [0, 0.1) is 6.92 Å². The summed E-state index contributed by atoms with van der Waals surface area (Å²) in [5, 5.41) is 12.2. The second kappa shape index (κ2) is 12.6. The van der Waals surface area contributed by atoms with Gasteiger partial charge in [-0.15, -0.1) is 0 Å². The van der Waals surface area contributed by atoms with Gasteiger partial charge in [0.1, 0.15) is 5.56 Å². The van der Waals surface area contributed by atoms with Crippen molar-refractivity contribution < 1.29 is 4.79 Å². The third-order valence-corrected chi connectivity index (χ3v) is 6.26. The molecule has 8 heteroatoms. The summed E-state index contributed by atoms with van der Waals surface area (Å²) in [7, 11) is 0. The summed E-state index contributed by atoms with van der Waals surface area (Å²) in [6.45, 7) is 14.4. The number of carbonyl (C=O) groups excluding carboxylic acids is 1. The Balaban J connectivity index is 1.72. The zero-order valence-electron chi connectivity index (χ0n) is 21.5. The molecule has 0 aromatic carbocycles. The number of amides is 1. The molecule has 0 fully saturated rings. The third kappa shape index (κ3) is 6.44. The van der Waals surface area contributed by atoms with E-state index in [1.54, 1.807) is 16.9 Å². The van der Waals surface area contributed by atoms with Crippen LogP contribution in [-0.2, 0) is 6.54 Å². The Labute approximate surface area is 203 Å². The van der Waals surface area contributed by atoms with Crippen LogP contribution in [0.1, 0.15) is 82.3 Å². The second-order valence-electron chi connectivity index (χ2n) is 9.20. The Hall–Kier alpha value is -2.74. The molecule has 1 atom stereocenters. The number of aryl methyl sites for hydroxylation is 2. The number of nitrogens with zero attached hydrogens (tertiary/aromatic N) is 6. The molecule has 3 aromatic rings. The SMILES string of the molecule is CCCCCN(CCCCC)CC(C)NC(=O)c1cnn2c(-c3cn(CC)nc3C)ccnc12. The van der Waals surface area contributed by atoms with Crippen LogP contribution in [0.15, 0.2) is 24.7 Å². The van der Waals surface area contributed by atoms with Gasteiger partial charge in [0.15, 0.2) is 5.65 Å². The fourth-order valence-electron chi connectivity index (χ4n) is 4.39. The van der Waals surface area contributed by atoms with E-state index >= 15 is 0 Å². The fraction of sp³-hybridized carbons (Fsp3) is 0.615. The largest absolute Gasteiger partial charge is 0.348 e. The lowest BCUT2D eigenvalue weighted by atomic mass is 10.2. The van der Waals surface area contributed by atoms with Gasteiger partial charge in [0.2, 0.25) is 0 Å². The summed E-state index contributed by atoms with van der Waals surface area (Å²) in [6.07, 6.45) is 12.7. The van der Waals surface area contributed by atoms with Crippen molar-refractivity contribution in [2.75, 3.05) is 19.6 Å². The number of carbonyl (C=O) groups is 1. The van der Waals surface area contributed by atoms with Crippen LogP contribution in [0.4, 0.5) is 0 Å². The fourth-order valence-corrected chi connectivity index (χ4v) is 4.39. The molecule has 0 spiro atoms. The minimum absolute atomic E-state index is 0.0407. The summed E-state index contributed by atoms with van der Waals surface area (Å²) in [5.41, 5.74) is 3.86. The topological polar surface area (TPSA) is 80.4 Å². The molecule has 186 valence electrons. The summed E-state index contributed by atoms with van der Waals surface area (Å²) < 4.78 is 3.65. The van der Waals surface area contributed by atoms with Crippen LogP contribution >= 0.6 is 0 Å². The third-order valence-electron chi connectivity index (χ3n) is 6.26. The Morgan fingerprint density at radius 1 is 1.12 bits per heavy atom. The van der Waals surface area contributed by atoms with Crippen molar-refractivity contribution in [2.45, 2.75) is 85.7 Å². The zero-order chi connectivity index (χ0) is 24.5. The lowest BCUT2D eigenvalue weighted by Gasteiger charge is -2.26. The van der Waals surface area contributed by atoms with Crippen molar-refractivity contribution in [3.05, 3.63) is 35.9 Å². The molecule has 0 radical (unpaired) electrons. The molecule has 1 N–H and O–H groups in total. The molecule has 0 saturated heterocycles. The maximum Gasteiger partial charge on any atom is 0.257 e. The lowest BCUT2D eigenvalue weighted by molar-refractivity contribution is 0.0930. The molecule has 34 heavy (non-hydrogen) atoms. The molecular formula is C26H41N7O. The van der Waals surface area contributed by atoms with E-state index in [-0.39, 0.29) is 11.9 Å². The van der Waals surface area contributed by atoms with Gasteiger partial charge in [-0.1, -0.05) is 39.5 Å². The quantitative estimate of drug-likeness (QED) is 0.347. The molecular weight excluding hydrogens is 426 g/mol. The van der Waals surface area contributed by atoms with Gasteiger partial charge in [0.05, 0.1) is 17.6 Å². The summed E-state index contributed by atoms with van der Waals surface area (Å²) >= 11 is 0. The Kier molecular flexibility index (Phi) is 9.62. The van der Waals surface area contributed by atoms with E-state index in [1.807, 2.05) is 23.9 Å². The number of unbranched alkanes of at least 4 members (excludes halogenated alkanes) is 4. The van der Waals surface area contributed by atoms with Crippen LogP contribution in [0.25, 0.3) is 16.9 Å². The highest BCUT2D eigenvalue weighted by Crippen LogP contribution is 2.23. The second-order valence-corrected chi connectivity index (χ2v) is 9.20. The first-order valence-corrected chi connectivity index (χ1v) is 12.9. The maximum atomic E-state index is 13.2. The van der Waals surface area contributed by atoms with Crippen molar-refractivity contribution in [2.24, 2.45) is 0 Å². The van der Waals surface area contributed by atoms with E-state index in [2.05, 4.69) is 53.1 Å². The van der Waals surface area contributed by atoms with Crippen molar-refractivity contribution >= 4 is 11.6 Å². The highest BCUT2D eigenvalue weighted by Gasteiger charge is 2.20. The lowest BCUT2D eigenvalue weighted by Crippen LogP contribution is -2.42. The van der Waals surface area contributed by atoms with E-state index in [4.69, 9.17) is 0 Å². The van der Waals surface area contributed by atoms with Crippen molar-refractivity contribution in [3.8, 4) is 11.3 Å². The number of nitrogens with one attached hydrogen (secondary N) is 1. The molecule has 8 nitrogen and oxygen atoms in total. The predicted molar refractivity (Wildman–Crippen MR) is 137 cm³/mol. The first kappa shape index (κ1) is 25.9. The molecule has 0 saturated carbocycles. The van der Waals surface area contributed by atoms with E-state index < -0.39 is 0 Å². The standard InChI is InChI=1S/C26H41N7O/c1-6-9-11-15-31(16-12-10-7-2)18-20(4)29-26(34)22-17-28-33-24(13-14-27-25(22)33)23-19-32(8-3)30-21(23)5/h13-14,17,19-20H,6-12,15-16,18H2,1-5H3,(H,29,34). The summed E-state index contributed by atoms with van der Waals surface area (Å²) in [6, 6.07) is 1.96. The minimum atomic E-state index is -0.129. The van der Waals surface area contributed by atoms with Crippen molar-refractivity contribution in [1.29, 1.82) is 0 Å². The van der Waals surface area contributed by atoms with Gasteiger partial charge in [0.25, 0.3) is 5.91 Å². The Morgan fingerprint density at radius 3 is 2.44 bits per heavy atom. The van der Waals surface area contributed by atoms with Gasteiger partial charge in [-0.2, -0.15) is 10.2 Å². The number of hydrogen-bond donors (Lipinski definition) is 1. The number of hydrogen-bond acceptors (Lipinski definition) is 5. The molecule has 1 unspecified atom stereocenters. The Bertz CT molecular complexity index is 1040. The number of fused-ring (bicyclic) bond motifs is 1. The molecule has 0 bridgehead atoms. The molecule has 0 aliphatic carbocycles. The molecule has 0 aliphatic heterocycles. The van der Waals surface area contributed by atoms with Gasteiger partial charge < -0.3 is 10.2 Å². The van der Waals surface area contributed by atoms with E-state index in [1.165, 1.54) is 38.5 Å². The summed E-state index contributed by atoms with van der Waals surface area (Å²) in [5.74, 6) is -0.129. The first-order chi connectivity index (χ1) is 16.5. The van der Waals surface area contributed by atoms with Gasteiger partial charge in [0, 0.05) is 37.1 Å². The van der Waals surface area contributed by atoms with Gasteiger partial charge in [-0.3, -0.25) is 9.48 Å². The molecule has 3 aromatic heterocycles. The smallest absolute Gasteiger partial charge is 0.257 e. The minimum Gasteiger partial charge on any atom is -0.348 e. The summed E-state index contributed by atoms with van der Waals surface area (Å²) in [4.78, 5) is 20.1. The van der Waals surface area contributed by atoms with E-state index in [0.29, 0.717) is 11.2 Å². The van der Waals surface area contributed by atoms with Crippen LogP contribution in [0.5, 0.6) is 0 Å². The van der Waals surface area contributed by atoms with Crippen molar-refractivity contribution in [3.63, 3.8) is 0 Å². The highest BCUT2D eigenvalue weighted by atomic mass is 16.1. The molecule has 3 rings (SSSR count). The number of rotatable bonds is 14. The van der Waals surface area contributed by atoms with Gasteiger partial charge in [-0.05, 0) is 52.8 Å². The van der Waals surface area contributed by atoms with Crippen LogP contribution in [0.2, 0.25) is 0 Å². The van der Waals surface area contributed by atoms with Gasteiger partial charge >= 0.3 is 0 Å². The van der Waals surface area contributed by atoms with Crippen LogP contribution < -0.4 is 5.32 Å². The zero-order valence-corrected chi connectivity index (χ0v) is 21.5. The average molecular weight is 468 g/mol. The predicted octanol–water partition coefficient (Wildman–Crippen LogP) is 4.72. The maximum absolute atomic E-state index is 13.2. The first-order valence-electron chi connectivity index (χ1n) is 12.9. The molecule has 3 heterocycles. The normalized spacial score (nSPS) is 12.5. The monoisotopic (exact) mass is 467 g/mol. The van der Waals surface area contributed by atoms with E-state index in [9.17, 15) is 4.79 Å². The van der Waals surface area contributed by atoms with E-state index in [0.717, 1.165) is 43.1 Å². The highest BCUT2D eigenvalue weighted by molar-refractivity contribution is 6.00.